The lowest BCUT2D eigenvalue weighted by Gasteiger charge is -2.08. The molecule has 1 amide bonds. The van der Waals surface area contributed by atoms with E-state index in [9.17, 15) is 4.79 Å². The number of rotatable bonds is 5. The van der Waals surface area contributed by atoms with Gasteiger partial charge >= 0.3 is 0 Å². The fourth-order valence-electron chi connectivity index (χ4n) is 2.72. The van der Waals surface area contributed by atoms with Gasteiger partial charge in [0.15, 0.2) is 0 Å². The number of amides is 1. The second kappa shape index (κ2) is 7.60. The van der Waals surface area contributed by atoms with E-state index in [0.29, 0.717) is 34.6 Å². The topological polar surface area (TPSA) is 59.8 Å². The van der Waals surface area contributed by atoms with Crippen molar-refractivity contribution in [3.63, 3.8) is 0 Å². The third-order valence-electron chi connectivity index (χ3n) is 3.87. The molecule has 0 radical (unpaired) electrons. The van der Waals surface area contributed by atoms with Crippen molar-refractivity contribution < 1.29 is 4.79 Å². The van der Waals surface area contributed by atoms with Crippen LogP contribution < -0.4 is 5.32 Å². The monoisotopic (exact) mass is 388 g/mol. The van der Waals surface area contributed by atoms with Crippen molar-refractivity contribution in [2.24, 2.45) is 5.92 Å². The van der Waals surface area contributed by atoms with Crippen LogP contribution in [0.1, 0.15) is 34.9 Å². The summed E-state index contributed by atoms with van der Waals surface area (Å²) in [7, 11) is 0. The molecule has 136 valence electrons. The van der Waals surface area contributed by atoms with Crippen LogP contribution in [0.25, 0.3) is 11.3 Å². The van der Waals surface area contributed by atoms with E-state index in [0.717, 1.165) is 16.3 Å². The van der Waals surface area contributed by atoms with Gasteiger partial charge in [-0.05, 0) is 31.9 Å². The Balaban J connectivity index is 1.84. The van der Waals surface area contributed by atoms with Gasteiger partial charge in [0, 0.05) is 23.2 Å². The van der Waals surface area contributed by atoms with Crippen LogP contribution in [0.5, 0.6) is 0 Å². The Labute approximate surface area is 162 Å². The summed E-state index contributed by atoms with van der Waals surface area (Å²) in [5, 5.41) is 10.7. The number of carbonyl (C=O) groups excluding carboxylic acids is 1. The molecule has 3 rings (SSSR count). The quantitative estimate of drug-likeness (QED) is 0.654. The summed E-state index contributed by atoms with van der Waals surface area (Å²) in [5.74, 6) is 0.134. The summed E-state index contributed by atoms with van der Waals surface area (Å²) >= 11 is 8.00. The van der Waals surface area contributed by atoms with E-state index >= 15 is 0 Å². The molecule has 0 bridgehead atoms. The largest absolute Gasteiger partial charge is 0.322 e. The average molecular weight is 389 g/mol. The Morgan fingerprint density at radius 1 is 1.35 bits per heavy atom. The zero-order valence-electron chi connectivity index (χ0n) is 15.2. The molecule has 5 nitrogen and oxygen atoms in total. The number of halogens is 1. The van der Waals surface area contributed by atoms with Crippen LogP contribution in [-0.2, 0) is 6.54 Å². The molecule has 1 aromatic carbocycles. The predicted octanol–water partition coefficient (Wildman–Crippen LogP) is 5.19. The normalized spacial score (nSPS) is 11.2. The standard InChI is InChI=1S/C19H21ClN4OS/c1-11(2)9-24-18(20)17(12(3)23-24)19(25)22-15-7-5-6-14(8-15)16-10-26-13(4)21-16/h5-8,10-11H,9H2,1-4H3,(H,22,25). The molecule has 1 N–H and O–H groups in total. The molecule has 0 unspecified atom stereocenters. The van der Waals surface area contributed by atoms with E-state index in [1.165, 1.54) is 0 Å². The molecule has 2 aromatic heterocycles. The number of benzene rings is 1. The van der Waals surface area contributed by atoms with Gasteiger partial charge in [0.05, 0.1) is 22.0 Å². The summed E-state index contributed by atoms with van der Waals surface area (Å²) < 4.78 is 1.69. The Hall–Kier alpha value is -2.18. The lowest BCUT2D eigenvalue weighted by molar-refractivity contribution is 0.102. The number of nitrogens with one attached hydrogen (secondary N) is 1. The number of carbonyl (C=O) groups is 1. The number of anilines is 1. The van der Waals surface area contributed by atoms with Gasteiger partial charge < -0.3 is 5.32 Å². The molecule has 0 aliphatic carbocycles. The molecule has 0 saturated carbocycles. The maximum absolute atomic E-state index is 12.7. The molecule has 0 saturated heterocycles. The van der Waals surface area contributed by atoms with Gasteiger partial charge in [-0.1, -0.05) is 37.6 Å². The van der Waals surface area contributed by atoms with E-state index in [1.807, 2.05) is 36.6 Å². The SMILES string of the molecule is Cc1nc(-c2cccc(NC(=O)c3c(C)nn(CC(C)C)c3Cl)c2)cs1. The molecular weight excluding hydrogens is 368 g/mol. The van der Waals surface area contributed by atoms with E-state index in [1.54, 1.807) is 22.9 Å². The number of nitrogens with zero attached hydrogens (tertiary/aromatic N) is 3. The highest BCUT2D eigenvalue weighted by Crippen LogP contribution is 2.26. The summed E-state index contributed by atoms with van der Waals surface area (Å²) in [6.45, 7) is 8.61. The number of hydrogen-bond donors (Lipinski definition) is 1. The number of aromatic nitrogens is 3. The number of aryl methyl sites for hydroxylation is 2. The number of thiazole rings is 1. The third kappa shape index (κ3) is 3.97. The van der Waals surface area contributed by atoms with Gasteiger partial charge in [0.25, 0.3) is 5.91 Å². The first kappa shape index (κ1) is 18.6. The summed E-state index contributed by atoms with van der Waals surface area (Å²) in [4.78, 5) is 17.2. The van der Waals surface area contributed by atoms with Gasteiger partial charge in [-0.2, -0.15) is 5.10 Å². The zero-order valence-corrected chi connectivity index (χ0v) is 16.8. The average Bonchev–Trinajstić information content (AvgIpc) is 3.11. The molecular formula is C19H21ClN4OS. The lowest BCUT2D eigenvalue weighted by Crippen LogP contribution is -2.13. The zero-order chi connectivity index (χ0) is 18.8. The van der Waals surface area contributed by atoms with Crippen LogP contribution in [0.3, 0.4) is 0 Å². The van der Waals surface area contributed by atoms with Crippen LogP contribution in [-0.4, -0.2) is 20.7 Å². The van der Waals surface area contributed by atoms with Gasteiger partial charge in [0.1, 0.15) is 5.15 Å². The van der Waals surface area contributed by atoms with Gasteiger partial charge in [0.2, 0.25) is 0 Å². The van der Waals surface area contributed by atoms with Crippen molar-refractivity contribution in [1.82, 2.24) is 14.8 Å². The van der Waals surface area contributed by atoms with Crippen molar-refractivity contribution in [2.45, 2.75) is 34.2 Å². The second-order valence-corrected chi connectivity index (χ2v) is 8.03. The highest BCUT2D eigenvalue weighted by Gasteiger charge is 2.21. The fourth-order valence-corrected chi connectivity index (χ4v) is 3.68. The summed E-state index contributed by atoms with van der Waals surface area (Å²) in [5.41, 5.74) is 3.61. The highest BCUT2D eigenvalue weighted by atomic mass is 35.5. The predicted molar refractivity (Wildman–Crippen MR) is 107 cm³/mol. The fraction of sp³-hybridized carbons (Fsp3) is 0.316. The molecule has 3 aromatic rings. The maximum atomic E-state index is 12.7. The molecule has 0 atom stereocenters. The van der Waals surface area contributed by atoms with E-state index < -0.39 is 0 Å². The molecule has 2 heterocycles. The molecule has 0 fully saturated rings. The smallest absolute Gasteiger partial charge is 0.260 e. The van der Waals surface area contributed by atoms with Crippen molar-refractivity contribution in [3.8, 4) is 11.3 Å². The summed E-state index contributed by atoms with van der Waals surface area (Å²) in [6, 6.07) is 7.63. The van der Waals surface area contributed by atoms with Gasteiger partial charge in [-0.15, -0.1) is 11.3 Å². The first-order chi connectivity index (χ1) is 12.3. The maximum Gasteiger partial charge on any atom is 0.260 e. The number of hydrogen-bond acceptors (Lipinski definition) is 4. The minimum atomic E-state index is -0.255. The molecule has 0 spiro atoms. The van der Waals surface area contributed by atoms with Crippen LogP contribution in [0.2, 0.25) is 5.15 Å². The van der Waals surface area contributed by atoms with Gasteiger partial charge in [-0.25, -0.2) is 4.98 Å². The Morgan fingerprint density at radius 3 is 2.77 bits per heavy atom. The van der Waals surface area contributed by atoms with Crippen LogP contribution in [0.15, 0.2) is 29.6 Å². The molecule has 26 heavy (non-hydrogen) atoms. The second-order valence-electron chi connectivity index (χ2n) is 6.61. The summed E-state index contributed by atoms with van der Waals surface area (Å²) in [6.07, 6.45) is 0. The van der Waals surface area contributed by atoms with Crippen LogP contribution >= 0.6 is 22.9 Å². The molecule has 7 heteroatoms. The van der Waals surface area contributed by atoms with Crippen LogP contribution in [0, 0.1) is 19.8 Å². The Morgan fingerprint density at radius 2 is 2.12 bits per heavy atom. The van der Waals surface area contributed by atoms with Crippen molar-refractivity contribution in [2.75, 3.05) is 5.32 Å². The first-order valence-corrected chi connectivity index (χ1v) is 9.67. The molecule has 0 aliphatic heterocycles. The van der Waals surface area contributed by atoms with E-state index in [-0.39, 0.29) is 5.91 Å². The highest BCUT2D eigenvalue weighted by molar-refractivity contribution is 7.09. The van der Waals surface area contributed by atoms with Gasteiger partial charge in [-0.3, -0.25) is 9.48 Å². The first-order valence-electron chi connectivity index (χ1n) is 8.42. The van der Waals surface area contributed by atoms with Crippen molar-refractivity contribution in [1.29, 1.82) is 0 Å². The Kier molecular flexibility index (Phi) is 5.44. The van der Waals surface area contributed by atoms with E-state index in [2.05, 4.69) is 29.2 Å². The van der Waals surface area contributed by atoms with Crippen molar-refractivity contribution >= 4 is 34.5 Å². The lowest BCUT2D eigenvalue weighted by atomic mass is 10.1. The minimum absolute atomic E-state index is 0.255. The Bertz CT molecular complexity index is 945. The van der Waals surface area contributed by atoms with Crippen LogP contribution in [0.4, 0.5) is 5.69 Å². The van der Waals surface area contributed by atoms with Crippen molar-refractivity contribution in [3.05, 3.63) is 51.1 Å². The van der Waals surface area contributed by atoms with E-state index in [4.69, 9.17) is 11.6 Å². The minimum Gasteiger partial charge on any atom is -0.322 e. The third-order valence-corrected chi connectivity index (χ3v) is 5.02. The molecule has 0 aliphatic rings.